The van der Waals surface area contributed by atoms with Crippen LogP contribution in [0.15, 0.2) is 34.8 Å². The molecule has 0 aliphatic carbocycles. The SMILES string of the molecule is CNC(c1ccc(F)cc1Cl)c1ccc(Br)c(Cl)c1F. The molecule has 0 spiro atoms. The van der Waals surface area contributed by atoms with Crippen LogP contribution >= 0.6 is 39.1 Å². The summed E-state index contributed by atoms with van der Waals surface area (Å²) in [6, 6.07) is 6.74. The Balaban J connectivity index is 2.55. The van der Waals surface area contributed by atoms with Crippen LogP contribution in [0.1, 0.15) is 17.2 Å². The van der Waals surface area contributed by atoms with E-state index in [2.05, 4.69) is 21.2 Å². The quantitative estimate of drug-likeness (QED) is 0.708. The number of rotatable bonds is 3. The third-order valence-electron chi connectivity index (χ3n) is 2.94. The van der Waals surface area contributed by atoms with Crippen molar-refractivity contribution in [1.82, 2.24) is 5.32 Å². The lowest BCUT2D eigenvalue weighted by atomic mass is 9.98. The summed E-state index contributed by atoms with van der Waals surface area (Å²) in [7, 11) is 1.67. The molecule has 1 atom stereocenters. The molecule has 106 valence electrons. The first-order chi connectivity index (χ1) is 9.45. The highest BCUT2D eigenvalue weighted by atomic mass is 79.9. The fourth-order valence-corrected chi connectivity index (χ4v) is 2.73. The monoisotopic (exact) mass is 379 g/mol. The minimum atomic E-state index is -0.541. The lowest BCUT2D eigenvalue weighted by molar-refractivity contribution is 0.574. The fourth-order valence-electron chi connectivity index (χ4n) is 1.98. The highest BCUT2D eigenvalue weighted by Gasteiger charge is 2.21. The zero-order chi connectivity index (χ0) is 14.9. The summed E-state index contributed by atoms with van der Waals surface area (Å²) in [6.07, 6.45) is 0. The van der Waals surface area contributed by atoms with Crippen LogP contribution in [0.3, 0.4) is 0 Å². The van der Waals surface area contributed by atoms with E-state index < -0.39 is 17.7 Å². The molecule has 0 radical (unpaired) electrons. The van der Waals surface area contributed by atoms with Gasteiger partial charge in [-0.15, -0.1) is 0 Å². The Morgan fingerprint density at radius 2 is 1.75 bits per heavy atom. The lowest BCUT2D eigenvalue weighted by Crippen LogP contribution is -2.19. The van der Waals surface area contributed by atoms with E-state index in [1.54, 1.807) is 19.2 Å². The van der Waals surface area contributed by atoms with E-state index in [1.165, 1.54) is 18.2 Å². The second-order valence-corrected chi connectivity index (χ2v) is 5.79. The molecule has 0 saturated carbocycles. The third kappa shape index (κ3) is 2.98. The molecule has 0 bridgehead atoms. The average molecular weight is 381 g/mol. The van der Waals surface area contributed by atoms with E-state index in [9.17, 15) is 8.78 Å². The van der Waals surface area contributed by atoms with Crippen LogP contribution < -0.4 is 5.32 Å². The zero-order valence-electron chi connectivity index (χ0n) is 10.4. The molecule has 1 nitrogen and oxygen atoms in total. The van der Waals surface area contributed by atoms with Crippen LogP contribution in [0.5, 0.6) is 0 Å². The largest absolute Gasteiger partial charge is 0.309 e. The van der Waals surface area contributed by atoms with Crippen LogP contribution in [0, 0.1) is 11.6 Å². The fraction of sp³-hybridized carbons (Fsp3) is 0.143. The molecule has 2 rings (SSSR count). The van der Waals surface area contributed by atoms with Gasteiger partial charge < -0.3 is 5.32 Å². The van der Waals surface area contributed by atoms with Gasteiger partial charge in [-0.3, -0.25) is 0 Å². The van der Waals surface area contributed by atoms with Gasteiger partial charge in [0.1, 0.15) is 11.6 Å². The van der Waals surface area contributed by atoms with Gasteiger partial charge in [-0.05, 0) is 46.7 Å². The van der Waals surface area contributed by atoms with Gasteiger partial charge >= 0.3 is 0 Å². The van der Waals surface area contributed by atoms with Gasteiger partial charge in [-0.25, -0.2) is 8.78 Å². The van der Waals surface area contributed by atoms with Crippen LogP contribution in [0.25, 0.3) is 0 Å². The highest BCUT2D eigenvalue weighted by Crippen LogP contribution is 2.35. The van der Waals surface area contributed by atoms with Crippen molar-refractivity contribution < 1.29 is 8.78 Å². The van der Waals surface area contributed by atoms with Crippen LogP contribution in [-0.2, 0) is 0 Å². The molecule has 0 aliphatic rings. The maximum Gasteiger partial charge on any atom is 0.148 e. The van der Waals surface area contributed by atoms with E-state index >= 15 is 0 Å². The normalized spacial score (nSPS) is 12.5. The van der Waals surface area contributed by atoms with Crippen molar-refractivity contribution in [3.63, 3.8) is 0 Å². The molecule has 0 fully saturated rings. The van der Waals surface area contributed by atoms with Crippen molar-refractivity contribution in [2.45, 2.75) is 6.04 Å². The maximum absolute atomic E-state index is 14.3. The summed E-state index contributed by atoms with van der Waals surface area (Å²) in [4.78, 5) is 0. The molecule has 0 aliphatic heterocycles. The molecule has 20 heavy (non-hydrogen) atoms. The molecular weight excluding hydrogens is 371 g/mol. The van der Waals surface area contributed by atoms with Crippen molar-refractivity contribution >= 4 is 39.1 Å². The Morgan fingerprint density at radius 3 is 2.35 bits per heavy atom. The van der Waals surface area contributed by atoms with Crippen LogP contribution in [0.4, 0.5) is 8.78 Å². The first kappa shape index (κ1) is 15.7. The highest BCUT2D eigenvalue weighted by molar-refractivity contribution is 9.10. The summed E-state index contributed by atoms with van der Waals surface area (Å²) in [6.45, 7) is 0. The first-order valence-electron chi connectivity index (χ1n) is 5.71. The third-order valence-corrected chi connectivity index (χ3v) is 4.52. The second-order valence-electron chi connectivity index (χ2n) is 4.15. The Labute approximate surface area is 134 Å². The number of hydrogen-bond acceptors (Lipinski definition) is 1. The summed E-state index contributed by atoms with van der Waals surface area (Å²) in [5.41, 5.74) is 0.919. The summed E-state index contributed by atoms with van der Waals surface area (Å²) < 4.78 is 27.9. The minimum Gasteiger partial charge on any atom is -0.309 e. The van der Waals surface area contributed by atoms with Crippen molar-refractivity contribution in [2.24, 2.45) is 0 Å². The van der Waals surface area contributed by atoms with E-state index in [1.807, 2.05) is 0 Å². The summed E-state index contributed by atoms with van der Waals surface area (Å²) in [5, 5.41) is 3.19. The van der Waals surface area contributed by atoms with Gasteiger partial charge in [0.05, 0.1) is 11.1 Å². The van der Waals surface area contributed by atoms with Crippen molar-refractivity contribution in [1.29, 1.82) is 0 Å². The maximum atomic E-state index is 14.3. The average Bonchev–Trinajstić information content (AvgIpc) is 2.41. The minimum absolute atomic E-state index is 0.000911. The van der Waals surface area contributed by atoms with Crippen molar-refractivity contribution in [3.05, 3.63) is 67.6 Å². The van der Waals surface area contributed by atoms with E-state index in [0.29, 0.717) is 15.6 Å². The Hall–Kier alpha value is -0.680. The molecule has 1 unspecified atom stereocenters. The molecule has 6 heteroatoms. The van der Waals surface area contributed by atoms with Gasteiger partial charge in [-0.2, -0.15) is 0 Å². The molecule has 2 aromatic rings. The molecule has 1 N–H and O–H groups in total. The smallest absolute Gasteiger partial charge is 0.148 e. The van der Waals surface area contributed by atoms with Gasteiger partial charge in [0, 0.05) is 15.1 Å². The predicted octanol–water partition coefficient (Wildman–Crippen LogP) is 5.34. The van der Waals surface area contributed by atoms with Crippen LogP contribution in [-0.4, -0.2) is 7.05 Å². The topological polar surface area (TPSA) is 12.0 Å². The Kier molecular flexibility index (Phi) is 5.02. The molecular formula is C14H10BrCl2F2N. The summed E-state index contributed by atoms with van der Waals surface area (Å²) in [5.74, 6) is -0.983. The first-order valence-corrected chi connectivity index (χ1v) is 7.26. The summed E-state index contributed by atoms with van der Waals surface area (Å²) >= 11 is 15.1. The van der Waals surface area contributed by atoms with Gasteiger partial charge in [-0.1, -0.05) is 35.3 Å². The number of nitrogens with one attached hydrogen (secondary N) is 1. The molecule has 0 aromatic heterocycles. The predicted molar refractivity (Wildman–Crippen MR) is 81.4 cm³/mol. The van der Waals surface area contributed by atoms with Gasteiger partial charge in [0.2, 0.25) is 0 Å². The molecule has 0 saturated heterocycles. The van der Waals surface area contributed by atoms with Crippen molar-refractivity contribution in [2.75, 3.05) is 7.05 Å². The van der Waals surface area contributed by atoms with E-state index in [-0.39, 0.29) is 10.0 Å². The molecule has 2 aromatic carbocycles. The van der Waals surface area contributed by atoms with E-state index in [0.717, 1.165) is 0 Å². The zero-order valence-corrected chi connectivity index (χ0v) is 13.5. The van der Waals surface area contributed by atoms with Gasteiger partial charge in [0.15, 0.2) is 0 Å². The number of benzene rings is 2. The Bertz CT molecular complexity index is 649. The second kappa shape index (κ2) is 6.39. The standard InChI is InChI=1S/C14H10BrCl2F2N/c1-20-14(8-3-2-7(18)6-11(8)16)9-4-5-10(15)12(17)13(9)19/h2-6,14,20H,1H3. The molecule has 0 heterocycles. The molecule has 0 amide bonds. The number of halogens is 5. The van der Waals surface area contributed by atoms with Gasteiger partial charge in [0.25, 0.3) is 0 Å². The van der Waals surface area contributed by atoms with E-state index in [4.69, 9.17) is 23.2 Å². The Morgan fingerprint density at radius 1 is 1.10 bits per heavy atom. The number of hydrogen-bond donors (Lipinski definition) is 1. The van der Waals surface area contributed by atoms with Crippen LogP contribution in [0.2, 0.25) is 10.0 Å². The lowest BCUT2D eigenvalue weighted by Gasteiger charge is -2.20. The van der Waals surface area contributed by atoms with Crippen molar-refractivity contribution in [3.8, 4) is 0 Å².